The molecule has 1 aromatic carbocycles. The zero-order valence-electron chi connectivity index (χ0n) is 17.4. The fourth-order valence-corrected chi connectivity index (χ4v) is 4.34. The second-order valence-electron chi connectivity index (χ2n) is 9.06. The third kappa shape index (κ3) is 5.63. The van der Waals surface area contributed by atoms with E-state index in [1.165, 1.54) is 56.2 Å². The van der Waals surface area contributed by atoms with Gasteiger partial charge in [-0.15, -0.1) is 0 Å². The molecule has 4 nitrogen and oxygen atoms in total. The third-order valence-electron chi connectivity index (χ3n) is 5.75. The molecule has 0 atom stereocenters. The second-order valence-corrected chi connectivity index (χ2v) is 9.06. The number of piperazine rings is 1. The smallest absolute Gasteiger partial charge is 0.410 e. The summed E-state index contributed by atoms with van der Waals surface area (Å²) in [7, 11) is 0. The van der Waals surface area contributed by atoms with E-state index in [0.717, 1.165) is 26.2 Å². The number of amides is 1. The maximum absolute atomic E-state index is 12.3. The van der Waals surface area contributed by atoms with Crippen LogP contribution in [0, 0.1) is 0 Å². The fourth-order valence-electron chi connectivity index (χ4n) is 4.34. The number of rotatable bonds is 2. The molecule has 0 unspecified atom stereocenters. The summed E-state index contributed by atoms with van der Waals surface area (Å²) in [5.41, 5.74) is 2.47. The molecule has 0 radical (unpaired) electrons. The van der Waals surface area contributed by atoms with Crippen LogP contribution in [0.3, 0.4) is 0 Å². The molecule has 1 saturated carbocycles. The van der Waals surface area contributed by atoms with Crippen LogP contribution in [0.15, 0.2) is 24.3 Å². The van der Waals surface area contributed by atoms with E-state index < -0.39 is 5.60 Å². The summed E-state index contributed by atoms with van der Waals surface area (Å²) in [6.07, 6.45) is 9.32. The number of ether oxygens (including phenoxy) is 1. The molecule has 1 aliphatic heterocycles. The first-order valence-electron chi connectivity index (χ1n) is 10.8. The third-order valence-corrected chi connectivity index (χ3v) is 5.75. The summed E-state index contributed by atoms with van der Waals surface area (Å²) in [6, 6.07) is 8.95. The summed E-state index contributed by atoms with van der Waals surface area (Å²) in [4.78, 5) is 16.6. The highest BCUT2D eigenvalue weighted by Gasteiger charge is 2.27. The van der Waals surface area contributed by atoms with Gasteiger partial charge < -0.3 is 14.5 Å². The highest BCUT2D eigenvalue weighted by molar-refractivity contribution is 5.69. The average Bonchev–Trinajstić information content (AvgIpc) is 2.60. The standard InChI is InChI=1S/C23H36N2O2/c1-23(2,3)27-22(26)25-17-15-24(16-18-25)21-14-10-9-13-20(21)19-11-7-5-4-6-8-12-19/h9-10,13-14,19H,4-8,11-12,15-18H2,1-3H3. The van der Waals surface area contributed by atoms with Crippen molar-refractivity contribution >= 4 is 11.8 Å². The van der Waals surface area contributed by atoms with Gasteiger partial charge in [-0.05, 0) is 51.2 Å². The molecule has 0 spiro atoms. The summed E-state index contributed by atoms with van der Waals surface area (Å²) < 4.78 is 5.53. The lowest BCUT2D eigenvalue weighted by molar-refractivity contribution is 0.0240. The Bertz CT molecular complexity index is 607. The highest BCUT2D eigenvalue weighted by Crippen LogP contribution is 2.36. The zero-order valence-corrected chi connectivity index (χ0v) is 17.4. The first kappa shape index (κ1) is 20.0. The number of carbonyl (C=O) groups excluding carboxylic acids is 1. The number of anilines is 1. The van der Waals surface area contributed by atoms with Crippen LogP contribution in [-0.4, -0.2) is 42.8 Å². The minimum Gasteiger partial charge on any atom is -0.444 e. The molecule has 1 aliphatic carbocycles. The Morgan fingerprint density at radius 3 is 2.15 bits per heavy atom. The van der Waals surface area contributed by atoms with E-state index >= 15 is 0 Å². The predicted molar refractivity (Wildman–Crippen MR) is 112 cm³/mol. The Balaban J connectivity index is 1.65. The van der Waals surface area contributed by atoms with Crippen LogP contribution in [0.2, 0.25) is 0 Å². The van der Waals surface area contributed by atoms with Crippen LogP contribution in [0.4, 0.5) is 10.5 Å². The van der Waals surface area contributed by atoms with E-state index in [-0.39, 0.29) is 6.09 Å². The Morgan fingerprint density at radius 1 is 0.926 bits per heavy atom. The normalized spacial score (nSPS) is 20.1. The van der Waals surface area contributed by atoms with Gasteiger partial charge in [0.05, 0.1) is 0 Å². The van der Waals surface area contributed by atoms with Gasteiger partial charge in [0.1, 0.15) is 5.60 Å². The summed E-state index contributed by atoms with van der Waals surface area (Å²) in [5.74, 6) is 0.686. The molecular weight excluding hydrogens is 336 g/mol. The summed E-state index contributed by atoms with van der Waals surface area (Å²) in [5, 5.41) is 0. The van der Waals surface area contributed by atoms with Crippen molar-refractivity contribution < 1.29 is 9.53 Å². The molecule has 1 amide bonds. The number of benzene rings is 1. The van der Waals surface area contributed by atoms with E-state index in [2.05, 4.69) is 29.2 Å². The van der Waals surface area contributed by atoms with E-state index in [1.807, 2.05) is 25.7 Å². The van der Waals surface area contributed by atoms with Crippen LogP contribution in [-0.2, 0) is 4.74 Å². The van der Waals surface area contributed by atoms with Crippen molar-refractivity contribution in [3.63, 3.8) is 0 Å². The molecule has 1 saturated heterocycles. The van der Waals surface area contributed by atoms with Gasteiger partial charge in [0, 0.05) is 31.9 Å². The van der Waals surface area contributed by atoms with E-state index in [4.69, 9.17) is 4.74 Å². The maximum Gasteiger partial charge on any atom is 0.410 e. The Hall–Kier alpha value is -1.71. The van der Waals surface area contributed by atoms with Crippen LogP contribution >= 0.6 is 0 Å². The lowest BCUT2D eigenvalue weighted by Crippen LogP contribution is -2.50. The first-order valence-corrected chi connectivity index (χ1v) is 10.8. The lowest BCUT2D eigenvalue weighted by atomic mass is 9.85. The fraction of sp³-hybridized carbons (Fsp3) is 0.696. The molecule has 2 fully saturated rings. The van der Waals surface area contributed by atoms with E-state index in [0.29, 0.717) is 5.92 Å². The van der Waals surface area contributed by atoms with Crippen LogP contribution in [0.25, 0.3) is 0 Å². The summed E-state index contributed by atoms with van der Waals surface area (Å²) in [6.45, 7) is 8.99. The molecule has 2 aliphatic rings. The van der Waals surface area contributed by atoms with Gasteiger partial charge in [-0.25, -0.2) is 4.79 Å². The molecule has 1 heterocycles. The van der Waals surface area contributed by atoms with Crippen molar-refractivity contribution in [3.05, 3.63) is 29.8 Å². The summed E-state index contributed by atoms with van der Waals surface area (Å²) >= 11 is 0. The second kappa shape index (κ2) is 8.99. The van der Waals surface area contributed by atoms with Crippen molar-refractivity contribution in [2.75, 3.05) is 31.1 Å². The molecule has 0 N–H and O–H groups in total. The van der Waals surface area contributed by atoms with Gasteiger partial charge in [0.25, 0.3) is 0 Å². The topological polar surface area (TPSA) is 32.8 Å². The van der Waals surface area contributed by atoms with Crippen LogP contribution < -0.4 is 4.90 Å². The average molecular weight is 373 g/mol. The molecule has 0 bridgehead atoms. The van der Waals surface area contributed by atoms with Gasteiger partial charge in [0.2, 0.25) is 0 Å². The molecular formula is C23H36N2O2. The highest BCUT2D eigenvalue weighted by atomic mass is 16.6. The van der Waals surface area contributed by atoms with Gasteiger partial charge in [-0.2, -0.15) is 0 Å². The van der Waals surface area contributed by atoms with Crippen molar-refractivity contribution in [1.29, 1.82) is 0 Å². The van der Waals surface area contributed by atoms with Gasteiger partial charge in [0.15, 0.2) is 0 Å². The predicted octanol–water partition coefficient (Wildman–Crippen LogP) is 5.57. The van der Waals surface area contributed by atoms with Crippen LogP contribution in [0.5, 0.6) is 0 Å². The molecule has 27 heavy (non-hydrogen) atoms. The van der Waals surface area contributed by atoms with Crippen molar-refractivity contribution in [2.45, 2.75) is 77.2 Å². The Kier molecular flexibility index (Phi) is 6.67. The quantitative estimate of drug-likeness (QED) is 0.680. The molecule has 4 heteroatoms. The number of hydrogen-bond donors (Lipinski definition) is 0. The van der Waals surface area contributed by atoms with Gasteiger partial charge in [-0.3, -0.25) is 0 Å². The zero-order chi connectivity index (χ0) is 19.3. The number of nitrogens with zero attached hydrogens (tertiary/aromatic N) is 2. The largest absolute Gasteiger partial charge is 0.444 e. The molecule has 150 valence electrons. The SMILES string of the molecule is CC(C)(C)OC(=O)N1CCN(c2ccccc2C2CCCCCCC2)CC1. The molecule has 1 aromatic rings. The van der Waals surface area contributed by atoms with Gasteiger partial charge in [-0.1, -0.05) is 50.3 Å². The van der Waals surface area contributed by atoms with Crippen molar-refractivity contribution in [3.8, 4) is 0 Å². The Morgan fingerprint density at radius 2 is 1.52 bits per heavy atom. The molecule has 3 rings (SSSR count). The minimum atomic E-state index is -0.432. The maximum atomic E-state index is 12.3. The Labute approximate surface area is 164 Å². The number of para-hydroxylation sites is 1. The van der Waals surface area contributed by atoms with E-state index in [1.54, 1.807) is 0 Å². The van der Waals surface area contributed by atoms with Crippen LogP contribution in [0.1, 0.15) is 77.2 Å². The van der Waals surface area contributed by atoms with Crippen molar-refractivity contribution in [2.24, 2.45) is 0 Å². The van der Waals surface area contributed by atoms with Crippen molar-refractivity contribution in [1.82, 2.24) is 4.90 Å². The van der Waals surface area contributed by atoms with E-state index in [9.17, 15) is 4.79 Å². The van der Waals surface area contributed by atoms with Gasteiger partial charge >= 0.3 is 6.09 Å². The monoisotopic (exact) mass is 372 g/mol. The lowest BCUT2D eigenvalue weighted by Gasteiger charge is -2.38. The number of carbonyl (C=O) groups is 1. The minimum absolute atomic E-state index is 0.185. The molecule has 0 aromatic heterocycles. The first-order chi connectivity index (χ1) is 12.9. The number of hydrogen-bond acceptors (Lipinski definition) is 3.